The summed E-state index contributed by atoms with van der Waals surface area (Å²) in [5.41, 5.74) is 1.42. The molecule has 0 unspecified atom stereocenters. The summed E-state index contributed by atoms with van der Waals surface area (Å²) in [6.07, 6.45) is 2.11. The van der Waals surface area contributed by atoms with Crippen molar-refractivity contribution in [1.82, 2.24) is 4.98 Å². The molecule has 3 heteroatoms. The zero-order valence-electron chi connectivity index (χ0n) is 8.05. The maximum atomic E-state index is 4.57. The molecule has 0 amide bonds. The molecule has 12 heavy (non-hydrogen) atoms. The lowest BCUT2D eigenvalue weighted by Crippen LogP contribution is -2.11. The molecule has 1 aromatic heterocycles. The van der Waals surface area contributed by atoms with Crippen LogP contribution in [0.25, 0.3) is 0 Å². The molecular formula is C9H15NS2. The number of hydrogen-bond donors (Lipinski definition) is 0. The molecule has 1 rings (SSSR count). The van der Waals surface area contributed by atoms with Crippen LogP contribution < -0.4 is 0 Å². The minimum atomic E-state index is 0.202. The van der Waals surface area contributed by atoms with E-state index in [4.69, 9.17) is 0 Å². The minimum absolute atomic E-state index is 0.202. The smallest absolute Gasteiger partial charge is 0.103 e. The Morgan fingerprint density at radius 2 is 2.17 bits per heavy atom. The van der Waals surface area contributed by atoms with Crippen LogP contribution in [0, 0.1) is 0 Å². The van der Waals surface area contributed by atoms with Gasteiger partial charge in [0.05, 0.1) is 5.69 Å². The van der Waals surface area contributed by atoms with Gasteiger partial charge in [0.25, 0.3) is 0 Å². The standard InChI is InChI=1S/C9H15NS2/c1-9(2,3)7-5-12-8(10-7)6-11-4/h5H,6H2,1-4H3. The maximum Gasteiger partial charge on any atom is 0.103 e. The number of nitrogens with zero attached hydrogens (tertiary/aromatic N) is 1. The predicted molar refractivity (Wildman–Crippen MR) is 58.0 cm³/mol. The van der Waals surface area contributed by atoms with Gasteiger partial charge < -0.3 is 0 Å². The summed E-state index contributed by atoms with van der Waals surface area (Å²) in [5.74, 6) is 1.04. The van der Waals surface area contributed by atoms with E-state index in [0.717, 1.165) is 5.75 Å². The maximum absolute atomic E-state index is 4.57. The second-order valence-corrected chi connectivity index (χ2v) is 5.62. The van der Waals surface area contributed by atoms with Crippen molar-refractivity contribution in [3.05, 3.63) is 16.1 Å². The zero-order chi connectivity index (χ0) is 9.19. The predicted octanol–water partition coefficient (Wildman–Crippen LogP) is 3.30. The first-order chi connectivity index (χ1) is 5.54. The molecule has 68 valence electrons. The summed E-state index contributed by atoms with van der Waals surface area (Å²) >= 11 is 3.60. The average Bonchev–Trinajstić information content (AvgIpc) is 2.35. The third-order valence-corrected chi connectivity index (χ3v) is 3.18. The van der Waals surface area contributed by atoms with Crippen LogP contribution in [-0.2, 0) is 11.2 Å². The topological polar surface area (TPSA) is 12.9 Å². The van der Waals surface area contributed by atoms with Gasteiger partial charge in [0.1, 0.15) is 5.01 Å². The second kappa shape index (κ2) is 3.79. The van der Waals surface area contributed by atoms with E-state index in [0.29, 0.717) is 0 Å². The summed E-state index contributed by atoms with van der Waals surface area (Å²) in [4.78, 5) is 4.57. The zero-order valence-corrected chi connectivity index (χ0v) is 9.68. The van der Waals surface area contributed by atoms with E-state index >= 15 is 0 Å². The fourth-order valence-corrected chi connectivity index (χ4v) is 2.59. The van der Waals surface area contributed by atoms with E-state index in [1.807, 2.05) is 11.8 Å². The Bertz CT molecular complexity index is 247. The molecule has 0 N–H and O–H groups in total. The van der Waals surface area contributed by atoms with Crippen molar-refractivity contribution in [2.45, 2.75) is 31.9 Å². The van der Waals surface area contributed by atoms with Crippen molar-refractivity contribution in [2.75, 3.05) is 6.26 Å². The molecule has 0 aromatic carbocycles. The van der Waals surface area contributed by atoms with E-state index in [-0.39, 0.29) is 5.41 Å². The number of hydrogen-bond acceptors (Lipinski definition) is 3. The van der Waals surface area contributed by atoms with Crippen LogP contribution in [0.2, 0.25) is 0 Å². The lowest BCUT2D eigenvalue weighted by Gasteiger charge is -2.14. The molecule has 0 fully saturated rings. The van der Waals surface area contributed by atoms with E-state index in [1.165, 1.54) is 10.7 Å². The lowest BCUT2D eigenvalue weighted by atomic mass is 9.93. The van der Waals surface area contributed by atoms with E-state index < -0.39 is 0 Å². The largest absolute Gasteiger partial charge is 0.245 e. The first-order valence-corrected chi connectivity index (χ1v) is 6.25. The Balaban J connectivity index is 2.77. The van der Waals surface area contributed by atoms with Gasteiger partial charge in [-0.25, -0.2) is 4.98 Å². The van der Waals surface area contributed by atoms with Gasteiger partial charge in [0.15, 0.2) is 0 Å². The molecular weight excluding hydrogens is 186 g/mol. The fourth-order valence-electron chi connectivity index (χ4n) is 0.845. The van der Waals surface area contributed by atoms with Gasteiger partial charge in [-0.15, -0.1) is 11.3 Å². The van der Waals surface area contributed by atoms with E-state index in [9.17, 15) is 0 Å². The highest BCUT2D eigenvalue weighted by atomic mass is 32.2. The highest BCUT2D eigenvalue weighted by molar-refractivity contribution is 7.97. The normalized spacial score (nSPS) is 12.0. The summed E-state index contributed by atoms with van der Waals surface area (Å²) in [7, 11) is 0. The fraction of sp³-hybridized carbons (Fsp3) is 0.667. The SMILES string of the molecule is CSCc1nc(C(C)(C)C)cs1. The Labute approximate surface area is 82.6 Å². The Morgan fingerprint density at radius 3 is 2.58 bits per heavy atom. The van der Waals surface area contributed by atoms with Crippen molar-refractivity contribution < 1.29 is 0 Å². The lowest BCUT2D eigenvalue weighted by molar-refractivity contribution is 0.572. The van der Waals surface area contributed by atoms with Gasteiger partial charge in [-0.3, -0.25) is 0 Å². The Morgan fingerprint density at radius 1 is 1.50 bits per heavy atom. The third-order valence-electron chi connectivity index (χ3n) is 1.59. The highest BCUT2D eigenvalue weighted by Gasteiger charge is 2.16. The summed E-state index contributed by atoms with van der Waals surface area (Å²) in [6, 6.07) is 0. The molecule has 1 heterocycles. The van der Waals surface area contributed by atoms with Gasteiger partial charge >= 0.3 is 0 Å². The third kappa shape index (κ3) is 2.49. The van der Waals surface area contributed by atoms with Crippen LogP contribution in [0.5, 0.6) is 0 Å². The molecule has 0 radical (unpaired) electrons. The molecule has 0 aliphatic heterocycles. The molecule has 0 spiro atoms. The first kappa shape index (κ1) is 10.1. The van der Waals surface area contributed by atoms with Crippen LogP contribution in [0.15, 0.2) is 5.38 Å². The Hall–Kier alpha value is -0.0200. The van der Waals surface area contributed by atoms with Crippen molar-refractivity contribution in [2.24, 2.45) is 0 Å². The summed E-state index contributed by atoms with van der Waals surface area (Å²) < 4.78 is 0. The van der Waals surface area contributed by atoms with Crippen molar-refractivity contribution in [3.8, 4) is 0 Å². The van der Waals surface area contributed by atoms with Crippen LogP contribution in [-0.4, -0.2) is 11.2 Å². The van der Waals surface area contributed by atoms with Crippen LogP contribution >= 0.6 is 23.1 Å². The number of rotatable bonds is 2. The molecule has 0 saturated carbocycles. The second-order valence-electron chi connectivity index (χ2n) is 3.81. The Kier molecular flexibility index (Phi) is 3.18. The molecule has 0 aliphatic carbocycles. The highest BCUT2D eigenvalue weighted by Crippen LogP contribution is 2.25. The van der Waals surface area contributed by atoms with E-state index in [1.54, 1.807) is 11.3 Å². The van der Waals surface area contributed by atoms with Gasteiger partial charge in [-0.1, -0.05) is 20.8 Å². The molecule has 0 saturated heterocycles. The minimum Gasteiger partial charge on any atom is -0.245 e. The van der Waals surface area contributed by atoms with E-state index in [2.05, 4.69) is 37.4 Å². The average molecular weight is 201 g/mol. The van der Waals surface area contributed by atoms with Crippen LogP contribution in [0.1, 0.15) is 31.5 Å². The first-order valence-electron chi connectivity index (χ1n) is 3.98. The monoisotopic (exact) mass is 201 g/mol. The number of thiazole rings is 1. The molecule has 0 aliphatic rings. The number of thioether (sulfide) groups is 1. The molecule has 0 atom stereocenters. The van der Waals surface area contributed by atoms with Crippen molar-refractivity contribution in [3.63, 3.8) is 0 Å². The molecule has 1 aromatic rings. The molecule has 0 bridgehead atoms. The van der Waals surface area contributed by atoms with Gasteiger partial charge in [-0.05, 0) is 6.26 Å². The van der Waals surface area contributed by atoms with Crippen molar-refractivity contribution >= 4 is 23.1 Å². The van der Waals surface area contributed by atoms with Gasteiger partial charge in [-0.2, -0.15) is 11.8 Å². The van der Waals surface area contributed by atoms with Crippen molar-refractivity contribution in [1.29, 1.82) is 0 Å². The quantitative estimate of drug-likeness (QED) is 0.728. The summed E-state index contributed by atoms with van der Waals surface area (Å²) in [5, 5.41) is 3.42. The summed E-state index contributed by atoms with van der Waals surface area (Å²) in [6.45, 7) is 6.60. The van der Waals surface area contributed by atoms with Crippen LogP contribution in [0.4, 0.5) is 0 Å². The van der Waals surface area contributed by atoms with Gasteiger partial charge in [0.2, 0.25) is 0 Å². The molecule has 1 nitrogen and oxygen atoms in total. The number of aromatic nitrogens is 1. The van der Waals surface area contributed by atoms with Gasteiger partial charge in [0, 0.05) is 16.5 Å². The van der Waals surface area contributed by atoms with Crippen LogP contribution in [0.3, 0.4) is 0 Å².